The zero-order chi connectivity index (χ0) is 31.2. The predicted octanol–water partition coefficient (Wildman–Crippen LogP) is 5.13. The van der Waals surface area contributed by atoms with Crippen LogP contribution >= 0.6 is 0 Å². The number of anilines is 1. The Balaban J connectivity index is 1.40. The molecule has 1 atom stereocenters. The number of hydrogen-bond donors (Lipinski definition) is 0. The second-order valence-electron chi connectivity index (χ2n) is 13.9. The van der Waals surface area contributed by atoms with Crippen LogP contribution in [0.3, 0.4) is 0 Å². The van der Waals surface area contributed by atoms with E-state index in [1.54, 1.807) is 9.80 Å². The lowest BCUT2D eigenvalue weighted by atomic mass is 9.72. The van der Waals surface area contributed by atoms with E-state index in [1.165, 1.54) is 0 Å². The molecule has 2 aromatic carbocycles. The molecule has 10 heteroatoms. The Hall–Kier alpha value is -3.24. The van der Waals surface area contributed by atoms with Gasteiger partial charge in [0, 0.05) is 37.9 Å². The topological polar surface area (TPSA) is 80.8 Å². The quantitative estimate of drug-likeness (QED) is 0.457. The Morgan fingerprint density at radius 3 is 2.23 bits per heavy atom. The number of ether oxygens (including phenoxy) is 2. The number of benzene rings is 2. The molecule has 0 spiro atoms. The lowest BCUT2D eigenvalue weighted by Gasteiger charge is -2.43. The van der Waals surface area contributed by atoms with Gasteiger partial charge < -0.3 is 33.5 Å². The van der Waals surface area contributed by atoms with Crippen molar-refractivity contribution in [2.75, 3.05) is 31.1 Å². The van der Waals surface area contributed by atoms with E-state index in [9.17, 15) is 9.59 Å². The molecule has 2 aromatic rings. The van der Waals surface area contributed by atoms with Gasteiger partial charge in [0.15, 0.2) is 0 Å². The van der Waals surface area contributed by atoms with Gasteiger partial charge in [0.05, 0.1) is 17.7 Å². The number of carbonyl (C=O) groups is 2. The summed E-state index contributed by atoms with van der Waals surface area (Å²) in [4.78, 5) is 32.0. The van der Waals surface area contributed by atoms with Crippen molar-refractivity contribution in [2.45, 2.75) is 97.8 Å². The predicted molar refractivity (Wildman–Crippen MR) is 168 cm³/mol. The average molecular weight is 592 g/mol. The molecule has 1 unspecified atom stereocenters. The summed E-state index contributed by atoms with van der Waals surface area (Å²) in [5.41, 5.74) is 3.79. The van der Waals surface area contributed by atoms with E-state index in [-0.39, 0.29) is 24.8 Å². The Kier molecular flexibility index (Phi) is 8.48. The van der Waals surface area contributed by atoms with E-state index in [0.717, 1.165) is 27.8 Å². The molecular weight excluding hydrogens is 545 g/mol. The van der Waals surface area contributed by atoms with E-state index in [1.807, 2.05) is 51.1 Å². The van der Waals surface area contributed by atoms with Gasteiger partial charge in [-0.05, 0) is 90.0 Å². The van der Waals surface area contributed by atoms with Crippen LogP contribution in [0.15, 0.2) is 42.5 Å². The van der Waals surface area contributed by atoms with E-state index in [0.29, 0.717) is 39.1 Å². The van der Waals surface area contributed by atoms with Crippen LogP contribution in [-0.4, -0.2) is 78.1 Å². The average Bonchev–Trinajstić information content (AvgIpc) is 3.16. The SMILES string of the molecule is CC1CN(c2ccc(B3OC(C)(C)C(C)(C)O3)c3c2CN(C(=O)OCc2ccccc2)CC3)CCN1C(=O)OC(C)(C)C. The van der Waals surface area contributed by atoms with Crippen LogP contribution < -0.4 is 10.4 Å². The molecule has 0 saturated carbocycles. The summed E-state index contributed by atoms with van der Waals surface area (Å²) in [7, 11) is -0.493. The van der Waals surface area contributed by atoms with Crippen LogP contribution in [0, 0.1) is 0 Å². The Bertz CT molecular complexity index is 1330. The monoisotopic (exact) mass is 591 g/mol. The van der Waals surface area contributed by atoms with Crippen molar-refractivity contribution in [1.82, 2.24) is 9.80 Å². The minimum Gasteiger partial charge on any atom is -0.445 e. The second-order valence-corrected chi connectivity index (χ2v) is 13.9. The number of piperazine rings is 1. The summed E-state index contributed by atoms with van der Waals surface area (Å²) >= 11 is 0. The number of fused-ring (bicyclic) bond motifs is 1. The summed E-state index contributed by atoms with van der Waals surface area (Å²) in [5.74, 6) is 0. The number of amides is 2. The fourth-order valence-electron chi connectivity index (χ4n) is 5.91. The molecule has 0 bridgehead atoms. The van der Waals surface area contributed by atoms with Crippen LogP contribution in [0.5, 0.6) is 0 Å². The van der Waals surface area contributed by atoms with Crippen LogP contribution in [0.2, 0.25) is 0 Å². The molecule has 232 valence electrons. The molecule has 2 amide bonds. The van der Waals surface area contributed by atoms with Gasteiger partial charge in [-0.15, -0.1) is 0 Å². The maximum Gasteiger partial charge on any atom is 0.495 e. The van der Waals surface area contributed by atoms with Gasteiger partial charge in [0.2, 0.25) is 0 Å². The number of hydrogen-bond acceptors (Lipinski definition) is 7. The lowest BCUT2D eigenvalue weighted by molar-refractivity contribution is 0.00578. The van der Waals surface area contributed by atoms with Crippen molar-refractivity contribution in [3.63, 3.8) is 0 Å². The normalized spacial score (nSPS) is 21.4. The first-order chi connectivity index (χ1) is 20.1. The van der Waals surface area contributed by atoms with E-state index in [4.69, 9.17) is 18.8 Å². The first-order valence-corrected chi connectivity index (χ1v) is 15.4. The first-order valence-electron chi connectivity index (χ1n) is 15.4. The van der Waals surface area contributed by atoms with Crippen molar-refractivity contribution < 1.29 is 28.4 Å². The Morgan fingerprint density at radius 2 is 1.60 bits per heavy atom. The van der Waals surface area contributed by atoms with Gasteiger partial charge in [-0.25, -0.2) is 9.59 Å². The molecule has 0 aliphatic carbocycles. The second kappa shape index (κ2) is 11.7. The van der Waals surface area contributed by atoms with Gasteiger partial charge in [-0.1, -0.05) is 36.4 Å². The van der Waals surface area contributed by atoms with Gasteiger partial charge >= 0.3 is 19.3 Å². The first kappa shape index (κ1) is 31.2. The zero-order valence-electron chi connectivity index (χ0n) is 26.9. The van der Waals surface area contributed by atoms with Gasteiger partial charge in [0.1, 0.15) is 12.2 Å². The Morgan fingerprint density at radius 1 is 0.930 bits per heavy atom. The van der Waals surface area contributed by atoms with Crippen molar-refractivity contribution in [3.8, 4) is 0 Å². The minimum atomic E-state index is -0.547. The zero-order valence-corrected chi connectivity index (χ0v) is 26.9. The van der Waals surface area contributed by atoms with Crippen LogP contribution in [0.1, 0.15) is 72.1 Å². The maximum atomic E-state index is 13.2. The van der Waals surface area contributed by atoms with E-state index >= 15 is 0 Å². The molecule has 3 aliphatic heterocycles. The third kappa shape index (κ3) is 6.65. The van der Waals surface area contributed by atoms with Gasteiger partial charge in [-0.3, -0.25) is 0 Å². The molecule has 2 saturated heterocycles. The summed E-state index contributed by atoms with van der Waals surface area (Å²) in [6.45, 7) is 19.0. The highest BCUT2D eigenvalue weighted by molar-refractivity contribution is 6.62. The third-order valence-electron chi connectivity index (χ3n) is 8.99. The van der Waals surface area contributed by atoms with Crippen LogP contribution in [0.4, 0.5) is 15.3 Å². The van der Waals surface area contributed by atoms with Crippen molar-refractivity contribution >= 4 is 30.5 Å². The molecule has 2 fully saturated rings. The van der Waals surface area contributed by atoms with Crippen molar-refractivity contribution in [3.05, 3.63) is 59.2 Å². The summed E-state index contributed by atoms with van der Waals surface area (Å²) in [6.07, 6.45) is 0.0471. The molecule has 3 heterocycles. The smallest absolute Gasteiger partial charge is 0.445 e. The fraction of sp³-hybridized carbons (Fsp3) is 0.576. The molecule has 0 radical (unpaired) electrons. The van der Waals surface area contributed by atoms with Crippen LogP contribution in [-0.2, 0) is 38.4 Å². The number of rotatable bonds is 4. The maximum absolute atomic E-state index is 13.2. The molecule has 9 nitrogen and oxygen atoms in total. The summed E-state index contributed by atoms with van der Waals surface area (Å²) in [6, 6.07) is 13.9. The molecular formula is C33H46BN3O6. The highest BCUT2D eigenvalue weighted by atomic mass is 16.7. The number of carbonyl (C=O) groups excluding carboxylic acids is 2. The minimum absolute atomic E-state index is 0.0439. The van der Waals surface area contributed by atoms with E-state index in [2.05, 4.69) is 51.7 Å². The number of nitrogens with zero attached hydrogens (tertiary/aromatic N) is 3. The van der Waals surface area contributed by atoms with E-state index < -0.39 is 23.9 Å². The lowest BCUT2D eigenvalue weighted by Crippen LogP contribution is -2.55. The molecule has 5 rings (SSSR count). The summed E-state index contributed by atoms with van der Waals surface area (Å²) < 4.78 is 24.3. The van der Waals surface area contributed by atoms with Gasteiger partial charge in [-0.2, -0.15) is 0 Å². The highest BCUT2D eigenvalue weighted by Gasteiger charge is 2.52. The van der Waals surface area contributed by atoms with Crippen molar-refractivity contribution in [1.29, 1.82) is 0 Å². The van der Waals surface area contributed by atoms with Gasteiger partial charge in [0.25, 0.3) is 0 Å². The van der Waals surface area contributed by atoms with Crippen LogP contribution in [0.25, 0.3) is 0 Å². The summed E-state index contributed by atoms with van der Waals surface area (Å²) in [5, 5.41) is 0. The standard InChI is InChI=1S/C33H46BN3O6/c1-23-20-35(18-19-37(23)30(39)41-31(2,3)4)28-15-14-27(34-42-32(5,6)33(7,8)43-34)25-16-17-36(21-26(25)28)29(38)40-22-24-12-10-9-11-13-24/h9-15,23H,16-22H2,1-8H3. The molecule has 3 aliphatic rings. The largest absolute Gasteiger partial charge is 0.495 e. The fourth-order valence-corrected chi connectivity index (χ4v) is 5.91. The highest BCUT2D eigenvalue weighted by Crippen LogP contribution is 2.38. The molecule has 0 N–H and O–H groups in total. The third-order valence-corrected chi connectivity index (χ3v) is 8.99. The molecule has 43 heavy (non-hydrogen) atoms. The Labute approximate surface area is 256 Å². The molecule has 0 aromatic heterocycles. The van der Waals surface area contributed by atoms with Crippen molar-refractivity contribution in [2.24, 2.45) is 0 Å².